The van der Waals surface area contributed by atoms with Gasteiger partial charge < -0.3 is 10.1 Å². The number of esters is 1. The molecule has 0 atom stereocenters. The lowest BCUT2D eigenvalue weighted by Gasteiger charge is -2.03. The lowest BCUT2D eigenvalue weighted by atomic mass is 10.1. The molecule has 2 aromatic rings. The SMILES string of the molecule is COC(=O)c1cnc(NCc2cccc(C)c2)s1. The van der Waals surface area contributed by atoms with Gasteiger partial charge in [0.2, 0.25) is 0 Å². The smallest absolute Gasteiger partial charge is 0.349 e. The van der Waals surface area contributed by atoms with Gasteiger partial charge in [0.25, 0.3) is 0 Å². The first kappa shape index (κ1) is 12.6. The van der Waals surface area contributed by atoms with Crippen LogP contribution in [-0.4, -0.2) is 18.1 Å². The quantitative estimate of drug-likeness (QED) is 0.861. The third-order valence-corrected chi connectivity index (χ3v) is 3.35. The maximum Gasteiger partial charge on any atom is 0.349 e. The molecule has 0 aliphatic carbocycles. The lowest BCUT2D eigenvalue weighted by Crippen LogP contribution is -1.98. The summed E-state index contributed by atoms with van der Waals surface area (Å²) < 4.78 is 4.63. The molecular formula is C13H14N2O2S. The number of ether oxygens (including phenoxy) is 1. The fourth-order valence-electron chi connectivity index (χ4n) is 1.55. The van der Waals surface area contributed by atoms with E-state index in [0.29, 0.717) is 11.4 Å². The first-order chi connectivity index (χ1) is 8.69. The molecule has 18 heavy (non-hydrogen) atoms. The summed E-state index contributed by atoms with van der Waals surface area (Å²) >= 11 is 1.29. The van der Waals surface area contributed by atoms with Crippen LogP contribution in [0, 0.1) is 6.92 Å². The van der Waals surface area contributed by atoms with Gasteiger partial charge in [0.05, 0.1) is 13.3 Å². The zero-order chi connectivity index (χ0) is 13.0. The van der Waals surface area contributed by atoms with Crippen LogP contribution in [0.15, 0.2) is 30.5 Å². The number of anilines is 1. The van der Waals surface area contributed by atoms with Gasteiger partial charge in [-0.05, 0) is 12.5 Å². The Kier molecular flexibility index (Phi) is 3.94. The Morgan fingerprint density at radius 3 is 3.06 bits per heavy atom. The first-order valence-electron chi connectivity index (χ1n) is 5.52. The van der Waals surface area contributed by atoms with Crippen LogP contribution in [0.4, 0.5) is 5.13 Å². The predicted molar refractivity (Wildman–Crippen MR) is 72.0 cm³/mol. The zero-order valence-electron chi connectivity index (χ0n) is 10.3. The van der Waals surface area contributed by atoms with E-state index in [0.717, 1.165) is 5.13 Å². The van der Waals surface area contributed by atoms with Crippen molar-refractivity contribution in [2.45, 2.75) is 13.5 Å². The maximum absolute atomic E-state index is 11.3. The second kappa shape index (κ2) is 5.64. The number of carbonyl (C=O) groups excluding carboxylic acids is 1. The van der Waals surface area contributed by atoms with Crippen molar-refractivity contribution in [3.05, 3.63) is 46.5 Å². The van der Waals surface area contributed by atoms with Gasteiger partial charge in [-0.3, -0.25) is 0 Å². The second-order valence-corrected chi connectivity index (χ2v) is 4.89. The van der Waals surface area contributed by atoms with Gasteiger partial charge >= 0.3 is 5.97 Å². The van der Waals surface area contributed by atoms with E-state index in [2.05, 4.69) is 40.2 Å². The van der Waals surface area contributed by atoms with Gasteiger partial charge in [-0.15, -0.1) is 0 Å². The molecule has 4 nitrogen and oxygen atoms in total. The molecule has 0 saturated heterocycles. The summed E-state index contributed by atoms with van der Waals surface area (Å²) in [5.74, 6) is -0.351. The number of nitrogens with one attached hydrogen (secondary N) is 1. The van der Waals surface area contributed by atoms with Crippen LogP contribution in [0.25, 0.3) is 0 Å². The van der Waals surface area contributed by atoms with Crippen molar-refractivity contribution in [1.82, 2.24) is 4.98 Å². The number of hydrogen-bond donors (Lipinski definition) is 1. The molecule has 0 saturated carbocycles. The number of hydrogen-bond acceptors (Lipinski definition) is 5. The number of aryl methyl sites for hydroxylation is 1. The van der Waals surface area contributed by atoms with Crippen molar-refractivity contribution in [2.24, 2.45) is 0 Å². The largest absolute Gasteiger partial charge is 0.465 e. The summed E-state index contributed by atoms with van der Waals surface area (Å²) in [5, 5.41) is 3.91. The molecule has 0 radical (unpaired) electrons. The Balaban J connectivity index is 1.98. The van der Waals surface area contributed by atoms with E-state index < -0.39 is 0 Å². The van der Waals surface area contributed by atoms with E-state index in [9.17, 15) is 4.79 Å². The Bertz CT molecular complexity index is 551. The topological polar surface area (TPSA) is 51.2 Å². The summed E-state index contributed by atoms with van der Waals surface area (Å²) in [4.78, 5) is 15.9. The van der Waals surface area contributed by atoms with Crippen molar-refractivity contribution in [2.75, 3.05) is 12.4 Å². The second-order valence-electron chi connectivity index (χ2n) is 3.86. The van der Waals surface area contributed by atoms with E-state index in [1.54, 1.807) is 0 Å². The molecule has 1 heterocycles. The van der Waals surface area contributed by atoms with E-state index in [1.807, 2.05) is 6.07 Å². The van der Waals surface area contributed by atoms with Crippen LogP contribution >= 0.6 is 11.3 Å². The molecule has 0 fully saturated rings. The maximum atomic E-state index is 11.3. The fraction of sp³-hybridized carbons (Fsp3) is 0.231. The van der Waals surface area contributed by atoms with E-state index in [-0.39, 0.29) is 5.97 Å². The molecule has 94 valence electrons. The molecular weight excluding hydrogens is 248 g/mol. The van der Waals surface area contributed by atoms with E-state index >= 15 is 0 Å². The summed E-state index contributed by atoms with van der Waals surface area (Å²) in [6, 6.07) is 8.24. The Morgan fingerprint density at radius 2 is 2.33 bits per heavy atom. The van der Waals surface area contributed by atoms with Crippen LogP contribution in [-0.2, 0) is 11.3 Å². The van der Waals surface area contributed by atoms with Crippen LogP contribution in [0.5, 0.6) is 0 Å². The molecule has 0 aliphatic rings. The molecule has 1 aromatic carbocycles. The van der Waals surface area contributed by atoms with Gasteiger partial charge in [0.15, 0.2) is 5.13 Å². The van der Waals surface area contributed by atoms with Crippen LogP contribution in [0.1, 0.15) is 20.8 Å². The number of thiazole rings is 1. The minimum atomic E-state index is -0.351. The lowest BCUT2D eigenvalue weighted by molar-refractivity contribution is 0.0606. The molecule has 0 spiro atoms. The average molecular weight is 262 g/mol. The standard InChI is InChI=1S/C13H14N2O2S/c1-9-4-3-5-10(6-9)7-14-13-15-8-11(18-13)12(16)17-2/h3-6,8H,7H2,1-2H3,(H,14,15). The highest BCUT2D eigenvalue weighted by atomic mass is 32.1. The van der Waals surface area contributed by atoms with Gasteiger partial charge in [-0.1, -0.05) is 41.2 Å². The highest BCUT2D eigenvalue weighted by Crippen LogP contribution is 2.19. The minimum Gasteiger partial charge on any atom is -0.465 e. The van der Waals surface area contributed by atoms with Crippen molar-refractivity contribution in [3.63, 3.8) is 0 Å². The number of methoxy groups -OCH3 is 1. The number of nitrogens with zero attached hydrogens (tertiary/aromatic N) is 1. The summed E-state index contributed by atoms with van der Waals surface area (Å²) in [7, 11) is 1.36. The monoisotopic (exact) mass is 262 g/mol. The molecule has 0 unspecified atom stereocenters. The van der Waals surface area contributed by atoms with Gasteiger partial charge in [0.1, 0.15) is 4.88 Å². The van der Waals surface area contributed by atoms with Crippen molar-refractivity contribution in [3.8, 4) is 0 Å². The summed E-state index contributed by atoms with van der Waals surface area (Å²) in [6.45, 7) is 2.75. The van der Waals surface area contributed by atoms with Crippen LogP contribution in [0.3, 0.4) is 0 Å². The molecule has 1 N–H and O–H groups in total. The van der Waals surface area contributed by atoms with E-state index in [4.69, 9.17) is 0 Å². The minimum absolute atomic E-state index is 0.351. The molecule has 0 aliphatic heterocycles. The number of aromatic nitrogens is 1. The first-order valence-corrected chi connectivity index (χ1v) is 6.34. The average Bonchev–Trinajstić information content (AvgIpc) is 2.84. The predicted octanol–water partition coefficient (Wildman–Crippen LogP) is 2.85. The highest BCUT2D eigenvalue weighted by Gasteiger charge is 2.09. The number of rotatable bonds is 4. The molecule has 2 rings (SSSR count). The van der Waals surface area contributed by atoms with Gasteiger partial charge in [-0.2, -0.15) is 0 Å². The molecule has 1 aromatic heterocycles. The van der Waals surface area contributed by atoms with Crippen LogP contribution < -0.4 is 5.32 Å². The van der Waals surface area contributed by atoms with E-state index in [1.165, 1.54) is 35.8 Å². The summed E-state index contributed by atoms with van der Waals surface area (Å²) in [6.07, 6.45) is 1.52. The van der Waals surface area contributed by atoms with Crippen molar-refractivity contribution < 1.29 is 9.53 Å². The number of benzene rings is 1. The molecule has 0 amide bonds. The third kappa shape index (κ3) is 3.07. The summed E-state index contributed by atoms with van der Waals surface area (Å²) in [5.41, 5.74) is 2.41. The third-order valence-electron chi connectivity index (χ3n) is 2.42. The Morgan fingerprint density at radius 1 is 1.50 bits per heavy atom. The van der Waals surface area contributed by atoms with Crippen molar-refractivity contribution in [1.29, 1.82) is 0 Å². The Hall–Kier alpha value is -1.88. The zero-order valence-corrected chi connectivity index (χ0v) is 11.1. The Labute approximate surface area is 110 Å². The molecule has 0 bridgehead atoms. The fourth-order valence-corrected chi connectivity index (χ4v) is 2.28. The normalized spacial score (nSPS) is 10.1. The van der Waals surface area contributed by atoms with Crippen molar-refractivity contribution >= 4 is 22.4 Å². The van der Waals surface area contributed by atoms with Gasteiger partial charge in [-0.25, -0.2) is 9.78 Å². The molecule has 5 heteroatoms. The number of carbonyl (C=O) groups is 1. The van der Waals surface area contributed by atoms with Crippen LogP contribution in [0.2, 0.25) is 0 Å². The van der Waals surface area contributed by atoms with Gasteiger partial charge in [0, 0.05) is 6.54 Å². The highest BCUT2D eigenvalue weighted by molar-refractivity contribution is 7.17.